The highest BCUT2D eigenvalue weighted by atomic mass is 35.5. The van der Waals surface area contributed by atoms with E-state index in [1.165, 1.54) is 12.1 Å². The van der Waals surface area contributed by atoms with Crippen LogP contribution in [0, 0.1) is 10.1 Å². The average molecular weight is 257 g/mol. The molecule has 0 unspecified atom stereocenters. The summed E-state index contributed by atoms with van der Waals surface area (Å²) < 4.78 is 0. The molecule has 2 rings (SSSR count). The molecule has 1 atom stereocenters. The number of aliphatic hydroxyl groups is 1. The summed E-state index contributed by atoms with van der Waals surface area (Å²) >= 11 is 5.85. The molecule has 1 aliphatic rings. The number of hydrogen-bond acceptors (Lipinski definition) is 4. The van der Waals surface area contributed by atoms with Crippen molar-refractivity contribution in [1.82, 2.24) is 4.90 Å². The van der Waals surface area contributed by atoms with Gasteiger partial charge in [0.05, 0.1) is 11.0 Å². The molecule has 1 N–H and O–H groups in total. The van der Waals surface area contributed by atoms with Gasteiger partial charge in [-0.25, -0.2) is 0 Å². The lowest BCUT2D eigenvalue weighted by atomic mass is 10.1. The number of aliphatic hydroxyl groups excluding tert-OH is 1. The largest absolute Gasteiger partial charge is 0.392 e. The second-order valence-electron chi connectivity index (χ2n) is 4.21. The van der Waals surface area contributed by atoms with Gasteiger partial charge < -0.3 is 5.11 Å². The standard InChI is InChI=1S/C11H13ClN2O3/c12-9-1-2-11(14(16)17)8(5-9)6-13-4-3-10(15)7-13/h1-2,5,10,15H,3-4,6-7H2/t10-/m0/s1. The molecule has 0 saturated carbocycles. The Morgan fingerprint density at radius 2 is 2.35 bits per heavy atom. The summed E-state index contributed by atoms with van der Waals surface area (Å²) in [4.78, 5) is 12.5. The van der Waals surface area contributed by atoms with Crippen molar-refractivity contribution >= 4 is 17.3 Å². The van der Waals surface area contributed by atoms with Gasteiger partial charge in [0.2, 0.25) is 0 Å². The minimum Gasteiger partial charge on any atom is -0.392 e. The van der Waals surface area contributed by atoms with Crippen molar-refractivity contribution in [3.63, 3.8) is 0 Å². The third-order valence-electron chi connectivity index (χ3n) is 2.88. The predicted octanol–water partition coefficient (Wildman–Crippen LogP) is 1.81. The minimum atomic E-state index is -0.405. The Balaban J connectivity index is 2.19. The zero-order valence-corrected chi connectivity index (χ0v) is 9.93. The zero-order chi connectivity index (χ0) is 12.4. The molecule has 5 nitrogen and oxygen atoms in total. The summed E-state index contributed by atoms with van der Waals surface area (Å²) in [6, 6.07) is 4.55. The van der Waals surface area contributed by atoms with Gasteiger partial charge in [0.15, 0.2) is 0 Å². The Kier molecular flexibility index (Phi) is 3.61. The first kappa shape index (κ1) is 12.3. The molecular weight excluding hydrogens is 244 g/mol. The van der Waals surface area contributed by atoms with E-state index in [2.05, 4.69) is 0 Å². The molecule has 1 aromatic rings. The lowest BCUT2D eigenvalue weighted by Crippen LogP contribution is -2.22. The molecule has 6 heteroatoms. The molecule has 1 heterocycles. The van der Waals surface area contributed by atoms with Crippen LogP contribution in [0.4, 0.5) is 5.69 Å². The van der Waals surface area contributed by atoms with E-state index in [4.69, 9.17) is 11.6 Å². The molecule has 0 aliphatic carbocycles. The fourth-order valence-corrected chi connectivity index (χ4v) is 2.25. The molecule has 1 aromatic carbocycles. The molecule has 17 heavy (non-hydrogen) atoms. The molecule has 0 bridgehead atoms. The van der Waals surface area contributed by atoms with Gasteiger partial charge in [0, 0.05) is 36.3 Å². The number of halogens is 1. The number of nitrogens with zero attached hydrogens (tertiary/aromatic N) is 2. The van der Waals surface area contributed by atoms with Crippen molar-refractivity contribution in [2.24, 2.45) is 0 Å². The first-order valence-electron chi connectivity index (χ1n) is 5.39. The van der Waals surface area contributed by atoms with Gasteiger partial charge >= 0.3 is 0 Å². The zero-order valence-electron chi connectivity index (χ0n) is 9.17. The van der Waals surface area contributed by atoms with E-state index in [1.807, 2.05) is 4.90 Å². The molecule has 1 aliphatic heterocycles. The Morgan fingerprint density at radius 1 is 1.59 bits per heavy atom. The molecule has 0 amide bonds. The van der Waals surface area contributed by atoms with Gasteiger partial charge in [-0.1, -0.05) is 11.6 Å². The first-order chi connectivity index (χ1) is 8.06. The van der Waals surface area contributed by atoms with Crippen molar-refractivity contribution in [1.29, 1.82) is 0 Å². The first-order valence-corrected chi connectivity index (χ1v) is 5.77. The van der Waals surface area contributed by atoms with Gasteiger partial charge in [-0.15, -0.1) is 0 Å². The lowest BCUT2D eigenvalue weighted by molar-refractivity contribution is -0.385. The number of rotatable bonds is 3. The van der Waals surface area contributed by atoms with Crippen LogP contribution in [0.5, 0.6) is 0 Å². The summed E-state index contributed by atoms with van der Waals surface area (Å²) in [5, 5.41) is 20.8. The van der Waals surface area contributed by atoms with Crippen molar-refractivity contribution in [3.05, 3.63) is 38.9 Å². The molecule has 0 spiro atoms. The minimum absolute atomic E-state index is 0.0794. The predicted molar refractivity (Wildman–Crippen MR) is 64.0 cm³/mol. The third-order valence-corrected chi connectivity index (χ3v) is 3.11. The van der Waals surface area contributed by atoms with Gasteiger partial charge in [-0.05, 0) is 18.6 Å². The Labute approximate surface area is 104 Å². The number of β-amino-alcohol motifs (C(OH)–C–C–N with tert-alkyl or cyclic N) is 1. The number of likely N-dealkylation sites (tertiary alicyclic amines) is 1. The second-order valence-corrected chi connectivity index (χ2v) is 4.64. The van der Waals surface area contributed by atoms with Crippen LogP contribution < -0.4 is 0 Å². The fourth-order valence-electron chi connectivity index (χ4n) is 2.06. The molecule has 1 saturated heterocycles. The molecule has 0 aromatic heterocycles. The Hall–Kier alpha value is -1.17. The van der Waals surface area contributed by atoms with Gasteiger partial charge in [0.1, 0.15) is 0 Å². The highest BCUT2D eigenvalue weighted by Crippen LogP contribution is 2.25. The quantitative estimate of drug-likeness (QED) is 0.662. The average Bonchev–Trinajstić information content (AvgIpc) is 2.63. The van der Waals surface area contributed by atoms with E-state index >= 15 is 0 Å². The lowest BCUT2D eigenvalue weighted by Gasteiger charge is -2.14. The summed E-state index contributed by atoms with van der Waals surface area (Å²) in [7, 11) is 0. The fraction of sp³-hybridized carbons (Fsp3) is 0.455. The Morgan fingerprint density at radius 3 is 2.94 bits per heavy atom. The van der Waals surface area contributed by atoms with E-state index in [-0.39, 0.29) is 11.8 Å². The smallest absolute Gasteiger partial charge is 0.273 e. The van der Waals surface area contributed by atoms with Crippen LogP contribution in [0.1, 0.15) is 12.0 Å². The maximum atomic E-state index is 10.9. The van der Waals surface area contributed by atoms with Crippen LogP contribution in [0.2, 0.25) is 5.02 Å². The van der Waals surface area contributed by atoms with Gasteiger partial charge in [-0.3, -0.25) is 15.0 Å². The second kappa shape index (κ2) is 5.00. The van der Waals surface area contributed by atoms with Crippen LogP contribution in [-0.2, 0) is 6.54 Å². The molecular formula is C11H13ClN2O3. The van der Waals surface area contributed by atoms with E-state index < -0.39 is 4.92 Å². The van der Waals surface area contributed by atoms with Crippen LogP contribution >= 0.6 is 11.6 Å². The third kappa shape index (κ3) is 2.94. The van der Waals surface area contributed by atoms with Crippen molar-refractivity contribution in [2.45, 2.75) is 19.1 Å². The van der Waals surface area contributed by atoms with Crippen molar-refractivity contribution in [2.75, 3.05) is 13.1 Å². The normalized spacial score (nSPS) is 20.7. The highest BCUT2D eigenvalue weighted by Gasteiger charge is 2.23. The van der Waals surface area contributed by atoms with Crippen LogP contribution in [0.25, 0.3) is 0 Å². The van der Waals surface area contributed by atoms with Crippen molar-refractivity contribution < 1.29 is 10.0 Å². The van der Waals surface area contributed by atoms with Gasteiger partial charge in [-0.2, -0.15) is 0 Å². The molecule has 92 valence electrons. The maximum absolute atomic E-state index is 10.9. The van der Waals surface area contributed by atoms with Crippen LogP contribution in [-0.4, -0.2) is 34.1 Å². The van der Waals surface area contributed by atoms with E-state index in [9.17, 15) is 15.2 Å². The van der Waals surface area contributed by atoms with Crippen molar-refractivity contribution in [3.8, 4) is 0 Å². The Bertz CT molecular complexity index is 439. The monoisotopic (exact) mass is 256 g/mol. The summed E-state index contributed by atoms with van der Waals surface area (Å²) in [5.41, 5.74) is 0.674. The van der Waals surface area contributed by atoms with E-state index in [0.29, 0.717) is 30.1 Å². The molecule has 1 fully saturated rings. The summed E-state index contributed by atoms with van der Waals surface area (Å²) in [6.07, 6.45) is 0.391. The number of benzene rings is 1. The molecule has 0 radical (unpaired) electrons. The number of nitro groups is 1. The van der Waals surface area contributed by atoms with E-state index in [1.54, 1.807) is 6.07 Å². The topological polar surface area (TPSA) is 66.6 Å². The maximum Gasteiger partial charge on any atom is 0.273 e. The highest BCUT2D eigenvalue weighted by molar-refractivity contribution is 6.30. The SMILES string of the molecule is O=[N+]([O-])c1ccc(Cl)cc1CN1CC[C@H](O)C1. The summed E-state index contributed by atoms with van der Waals surface area (Å²) in [5.74, 6) is 0. The number of nitro benzene ring substituents is 1. The van der Waals surface area contributed by atoms with Crippen LogP contribution in [0.3, 0.4) is 0 Å². The van der Waals surface area contributed by atoms with Crippen LogP contribution in [0.15, 0.2) is 18.2 Å². The summed E-state index contributed by atoms with van der Waals surface area (Å²) in [6.45, 7) is 1.77. The van der Waals surface area contributed by atoms with E-state index in [0.717, 1.165) is 6.54 Å². The number of hydrogen-bond donors (Lipinski definition) is 1. The van der Waals surface area contributed by atoms with Gasteiger partial charge in [0.25, 0.3) is 5.69 Å².